The average Bonchev–Trinajstić information content (AvgIpc) is 3.06. The molecule has 0 aromatic rings. The van der Waals surface area contributed by atoms with Gasteiger partial charge in [-0.2, -0.15) is 0 Å². The molecule has 0 spiro atoms. The molecule has 170 valence electrons. The maximum atomic E-state index is 10.3. The minimum absolute atomic E-state index is 0.0251. The van der Waals surface area contributed by atoms with Gasteiger partial charge in [0.25, 0.3) is 0 Å². The zero-order valence-electron chi connectivity index (χ0n) is 20.5. The van der Waals surface area contributed by atoms with Crippen LogP contribution in [0.4, 0.5) is 0 Å². The number of terminal acetylenes is 1. The molecule has 0 bridgehead atoms. The molecule has 1 heteroatoms. The SMILES string of the molecule is C#CC(CCC(C)C1CCC2C3CCC4CC(O)CCC4(C)C3CCC12C)C(C)C. The molecule has 4 rings (SSSR count). The first kappa shape index (κ1) is 22.7. The molecule has 10 atom stereocenters. The highest BCUT2D eigenvalue weighted by atomic mass is 16.3. The second-order valence-electron chi connectivity index (χ2n) is 12.9. The Balaban J connectivity index is 1.46. The molecule has 1 N–H and O–H groups in total. The number of aliphatic hydroxyl groups is 1. The number of hydrogen-bond acceptors (Lipinski definition) is 1. The van der Waals surface area contributed by atoms with Gasteiger partial charge < -0.3 is 5.11 Å². The predicted molar refractivity (Wildman–Crippen MR) is 127 cm³/mol. The van der Waals surface area contributed by atoms with E-state index in [1.165, 1.54) is 57.8 Å². The van der Waals surface area contributed by atoms with Crippen molar-refractivity contribution in [2.45, 2.75) is 111 Å². The van der Waals surface area contributed by atoms with Crippen molar-refractivity contribution in [1.82, 2.24) is 0 Å². The highest BCUT2D eigenvalue weighted by Crippen LogP contribution is 2.68. The third-order valence-corrected chi connectivity index (χ3v) is 11.4. The van der Waals surface area contributed by atoms with E-state index in [0.717, 1.165) is 48.3 Å². The molecule has 0 aromatic carbocycles. The van der Waals surface area contributed by atoms with Crippen molar-refractivity contribution in [2.24, 2.45) is 58.2 Å². The first-order valence-corrected chi connectivity index (χ1v) is 13.3. The Morgan fingerprint density at radius 1 is 0.900 bits per heavy atom. The van der Waals surface area contributed by atoms with E-state index < -0.39 is 0 Å². The van der Waals surface area contributed by atoms with Crippen LogP contribution >= 0.6 is 0 Å². The standard InChI is InChI=1S/C29H48O/c1-7-21(19(2)3)9-8-20(4)25-12-13-26-24-11-10-22-18-23(30)14-16-28(22,5)27(24)15-17-29(25,26)6/h1,19-27,30H,8-18H2,2-6H3. The number of fused-ring (bicyclic) bond motifs is 5. The van der Waals surface area contributed by atoms with Gasteiger partial charge in [0.1, 0.15) is 0 Å². The summed E-state index contributed by atoms with van der Waals surface area (Å²) in [6.45, 7) is 12.4. The summed E-state index contributed by atoms with van der Waals surface area (Å²) in [5, 5.41) is 10.3. The van der Waals surface area contributed by atoms with Gasteiger partial charge >= 0.3 is 0 Å². The Morgan fingerprint density at radius 3 is 2.30 bits per heavy atom. The zero-order chi connectivity index (χ0) is 21.7. The smallest absolute Gasteiger partial charge is 0.0543 e. The molecular weight excluding hydrogens is 364 g/mol. The van der Waals surface area contributed by atoms with Crippen LogP contribution in [0.3, 0.4) is 0 Å². The van der Waals surface area contributed by atoms with Gasteiger partial charge in [-0.05, 0) is 123 Å². The molecule has 0 heterocycles. The summed E-state index contributed by atoms with van der Waals surface area (Å²) in [7, 11) is 0. The lowest BCUT2D eigenvalue weighted by Gasteiger charge is -2.61. The van der Waals surface area contributed by atoms with Gasteiger partial charge in [0.15, 0.2) is 0 Å². The Kier molecular flexibility index (Phi) is 6.40. The van der Waals surface area contributed by atoms with Crippen molar-refractivity contribution >= 4 is 0 Å². The van der Waals surface area contributed by atoms with Gasteiger partial charge in [-0.15, -0.1) is 12.3 Å². The van der Waals surface area contributed by atoms with Crippen molar-refractivity contribution in [3.05, 3.63) is 0 Å². The second kappa shape index (κ2) is 8.46. The summed E-state index contributed by atoms with van der Waals surface area (Å²) in [5.41, 5.74) is 1.06. The molecule has 0 saturated heterocycles. The summed E-state index contributed by atoms with van der Waals surface area (Å²) in [4.78, 5) is 0. The van der Waals surface area contributed by atoms with Gasteiger partial charge in [-0.1, -0.05) is 34.6 Å². The van der Waals surface area contributed by atoms with Crippen molar-refractivity contribution < 1.29 is 5.11 Å². The molecule has 0 radical (unpaired) electrons. The number of hydrogen-bond donors (Lipinski definition) is 1. The molecule has 4 aliphatic rings. The molecule has 4 fully saturated rings. The third-order valence-electron chi connectivity index (χ3n) is 11.4. The summed E-state index contributed by atoms with van der Waals surface area (Å²) in [6, 6.07) is 0. The molecule has 0 amide bonds. The van der Waals surface area contributed by atoms with E-state index >= 15 is 0 Å². The lowest BCUT2D eigenvalue weighted by molar-refractivity contribution is -0.129. The molecular formula is C29H48O. The highest BCUT2D eigenvalue weighted by molar-refractivity contribution is 5.09. The van der Waals surface area contributed by atoms with E-state index in [-0.39, 0.29) is 6.10 Å². The lowest BCUT2D eigenvalue weighted by atomic mass is 9.44. The zero-order valence-corrected chi connectivity index (χ0v) is 20.5. The summed E-state index contributed by atoms with van der Waals surface area (Å²) in [5.74, 6) is 9.42. The predicted octanol–water partition coefficient (Wildman–Crippen LogP) is 7.33. The third kappa shape index (κ3) is 3.68. The van der Waals surface area contributed by atoms with Crippen molar-refractivity contribution in [3.63, 3.8) is 0 Å². The summed E-state index contributed by atoms with van der Waals surface area (Å²) in [6.07, 6.45) is 20.3. The van der Waals surface area contributed by atoms with Gasteiger partial charge in [0.05, 0.1) is 6.10 Å². The molecule has 10 unspecified atom stereocenters. The van der Waals surface area contributed by atoms with Gasteiger partial charge in [-0.3, -0.25) is 0 Å². The lowest BCUT2D eigenvalue weighted by Crippen LogP contribution is -2.54. The molecule has 4 aliphatic carbocycles. The molecule has 1 nitrogen and oxygen atoms in total. The quantitative estimate of drug-likeness (QED) is 0.469. The first-order chi connectivity index (χ1) is 14.2. The van der Waals surface area contributed by atoms with E-state index in [9.17, 15) is 5.11 Å². The van der Waals surface area contributed by atoms with Crippen LogP contribution in [0.2, 0.25) is 0 Å². The maximum absolute atomic E-state index is 10.3. The molecule has 4 saturated carbocycles. The van der Waals surface area contributed by atoms with Crippen LogP contribution in [-0.4, -0.2) is 11.2 Å². The van der Waals surface area contributed by atoms with E-state index in [1.54, 1.807) is 0 Å². The first-order valence-electron chi connectivity index (χ1n) is 13.3. The fraction of sp³-hybridized carbons (Fsp3) is 0.931. The molecule has 0 aromatic heterocycles. The molecule has 30 heavy (non-hydrogen) atoms. The highest BCUT2D eigenvalue weighted by Gasteiger charge is 2.60. The monoisotopic (exact) mass is 412 g/mol. The van der Waals surface area contributed by atoms with Crippen LogP contribution in [0.15, 0.2) is 0 Å². The van der Waals surface area contributed by atoms with E-state index in [0.29, 0.717) is 22.7 Å². The van der Waals surface area contributed by atoms with Crippen LogP contribution in [-0.2, 0) is 0 Å². The van der Waals surface area contributed by atoms with E-state index in [1.807, 2.05) is 0 Å². The summed E-state index contributed by atoms with van der Waals surface area (Å²) >= 11 is 0. The van der Waals surface area contributed by atoms with Crippen molar-refractivity contribution in [3.8, 4) is 12.3 Å². The van der Waals surface area contributed by atoms with Crippen molar-refractivity contribution in [2.75, 3.05) is 0 Å². The van der Waals surface area contributed by atoms with E-state index in [2.05, 4.69) is 40.5 Å². The Hall–Kier alpha value is -0.480. The number of rotatable bonds is 5. The average molecular weight is 413 g/mol. The summed E-state index contributed by atoms with van der Waals surface area (Å²) < 4.78 is 0. The fourth-order valence-corrected chi connectivity index (χ4v) is 9.46. The Labute approximate surface area is 187 Å². The van der Waals surface area contributed by atoms with Gasteiger partial charge in [-0.25, -0.2) is 0 Å². The van der Waals surface area contributed by atoms with Crippen molar-refractivity contribution in [1.29, 1.82) is 0 Å². The minimum Gasteiger partial charge on any atom is -0.393 e. The second-order valence-corrected chi connectivity index (χ2v) is 12.9. The maximum Gasteiger partial charge on any atom is 0.0543 e. The van der Waals surface area contributed by atoms with Crippen LogP contribution in [0.5, 0.6) is 0 Å². The Morgan fingerprint density at radius 2 is 1.60 bits per heavy atom. The normalized spacial score (nSPS) is 47.7. The van der Waals surface area contributed by atoms with E-state index in [4.69, 9.17) is 6.42 Å². The number of aliphatic hydroxyl groups excluding tert-OH is 1. The minimum atomic E-state index is -0.0251. The van der Waals surface area contributed by atoms with Crippen LogP contribution in [0.25, 0.3) is 0 Å². The van der Waals surface area contributed by atoms with Gasteiger partial charge in [0, 0.05) is 5.92 Å². The van der Waals surface area contributed by atoms with Gasteiger partial charge in [0.2, 0.25) is 0 Å². The largest absolute Gasteiger partial charge is 0.393 e. The topological polar surface area (TPSA) is 20.2 Å². The van der Waals surface area contributed by atoms with Crippen LogP contribution in [0, 0.1) is 70.5 Å². The fourth-order valence-electron chi connectivity index (χ4n) is 9.46. The van der Waals surface area contributed by atoms with Crippen LogP contribution < -0.4 is 0 Å². The van der Waals surface area contributed by atoms with Crippen LogP contribution in [0.1, 0.15) is 105 Å². The Bertz CT molecular complexity index is 645. The molecule has 0 aliphatic heterocycles.